The van der Waals surface area contributed by atoms with Crippen molar-refractivity contribution in [3.8, 4) is 5.75 Å². The molecule has 0 bridgehead atoms. The molecule has 3 atom stereocenters. The van der Waals surface area contributed by atoms with Crippen molar-refractivity contribution in [2.24, 2.45) is 0 Å². The van der Waals surface area contributed by atoms with Gasteiger partial charge in [-0.05, 0) is 0 Å². The summed E-state index contributed by atoms with van der Waals surface area (Å²) < 4.78 is 4.09. The number of hydrogen-bond donors (Lipinski definition) is 3. The van der Waals surface area contributed by atoms with Gasteiger partial charge in [0.05, 0.1) is 0 Å². The quantitative estimate of drug-likeness (QED) is 0.277. The van der Waals surface area contributed by atoms with Gasteiger partial charge < -0.3 is 0 Å². The number of phenolic OH excluding ortho intramolecular Hbond substituents is 1. The number of halogens is 1. The zero-order valence-electron chi connectivity index (χ0n) is 11.5. The Morgan fingerprint density at radius 3 is 2.95 bits per heavy atom. The summed E-state index contributed by atoms with van der Waals surface area (Å²) >= 11 is -0.161. The van der Waals surface area contributed by atoms with Gasteiger partial charge in [-0.15, -0.1) is 0 Å². The van der Waals surface area contributed by atoms with Crippen LogP contribution in [0.25, 0.3) is 10.9 Å². The Morgan fingerprint density at radius 1 is 1.38 bits per heavy atom. The Kier molecular flexibility index (Phi) is 4.42. The van der Waals surface area contributed by atoms with E-state index in [9.17, 15) is 10.2 Å². The number of allylic oxidation sites excluding steroid dienone is 1. The van der Waals surface area contributed by atoms with E-state index in [0.717, 1.165) is 29.3 Å². The van der Waals surface area contributed by atoms with E-state index in [2.05, 4.69) is 15.1 Å². The SMILES string of the molecule is C=C[C@H]1CCC([C@H](O)c2ccnc3ccc(O)cc23)N[I-]1. The first-order valence-corrected chi connectivity index (χ1v) is 9.27. The number of nitrogens with zero attached hydrogens (tertiary/aromatic N) is 1. The first-order chi connectivity index (χ1) is 10.2. The zero-order chi connectivity index (χ0) is 14.8. The molecule has 0 amide bonds. The Morgan fingerprint density at radius 2 is 2.24 bits per heavy atom. The van der Waals surface area contributed by atoms with Crippen LogP contribution in [0.5, 0.6) is 5.75 Å². The molecular formula is C16H18IN2O2-. The summed E-state index contributed by atoms with van der Waals surface area (Å²) in [5.41, 5.74) is 1.62. The maximum absolute atomic E-state index is 10.7. The van der Waals surface area contributed by atoms with Crippen molar-refractivity contribution < 1.29 is 31.7 Å². The van der Waals surface area contributed by atoms with E-state index in [4.69, 9.17) is 0 Å². The molecule has 2 heterocycles. The van der Waals surface area contributed by atoms with Crippen molar-refractivity contribution in [1.29, 1.82) is 0 Å². The standard InChI is InChI=1S/C16H18IN2O2/c1-2-10-3-5-15(19-17-10)16(21)12-7-8-18-14-6-4-11(20)9-13(12)14/h2,4,6-10,15-16,19-21H,1,3,5H2/q-1/t10-,15?,16+/m0/s1. The molecule has 1 aromatic carbocycles. The fourth-order valence-corrected chi connectivity index (χ4v) is 5.12. The summed E-state index contributed by atoms with van der Waals surface area (Å²) in [5, 5.41) is 21.2. The minimum absolute atomic E-state index is 0.0712. The van der Waals surface area contributed by atoms with E-state index in [0.29, 0.717) is 3.92 Å². The van der Waals surface area contributed by atoms with Crippen LogP contribution in [0.3, 0.4) is 0 Å². The van der Waals surface area contributed by atoms with E-state index in [1.54, 1.807) is 24.4 Å². The predicted molar refractivity (Wildman–Crippen MR) is 78.5 cm³/mol. The van der Waals surface area contributed by atoms with Gasteiger partial charge in [0, 0.05) is 0 Å². The normalized spacial score (nSPS) is 24.2. The van der Waals surface area contributed by atoms with Gasteiger partial charge >= 0.3 is 134 Å². The van der Waals surface area contributed by atoms with Crippen LogP contribution in [0.2, 0.25) is 0 Å². The molecule has 5 heteroatoms. The Hall–Kier alpha value is -1.18. The number of phenols is 1. The Bertz CT molecular complexity index is 654. The number of aromatic hydroxyl groups is 1. The number of aliphatic hydroxyl groups is 1. The number of fused-ring (bicyclic) bond motifs is 1. The summed E-state index contributed by atoms with van der Waals surface area (Å²) in [6, 6.07) is 6.97. The summed E-state index contributed by atoms with van der Waals surface area (Å²) in [6.45, 7) is 3.85. The molecular weight excluding hydrogens is 379 g/mol. The molecule has 3 N–H and O–H groups in total. The van der Waals surface area contributed by atoms with Crippen LogP contribution in [-0.4, -0.2) is 25.2 Å². The van der Waals surface area contributed by atoms with Crippen LogP contribution in [0.4, 0.5) is 0 Å². The van der Waals surface area contributed by atoms with Crippen LogP contribution in [-0.2, 0) is 0 Å². The second-order valence-corrected chi connectivity index (χ2v) is 8.05. The molecule has 0 saturated carbocycles. The molecule has 1 fully saturated rings. The van der Waals surface area contributed by atoms with Crippen molar-refractivity contribution >= 4 is 10.9 Å². The summed E-state index contributed by atoms with van der Waals surface area (Å²) in [7, 11) is 0. The maximum atomic E-state index is 10.7. The third kappa shape index (κ3) is 3.04. The number of benzene rings is 1. The zero-order valence-corrected chi connectivity index (χ0v) is 13.7. The number of pyridine rings is 1. The second kappa shape index (κ2) is 6.29. The van der Waals surface area contributed by atoms with Gasteiger partial charge in [0.25, 0.3) is 0 Å². The van der Waals surface area contributed by atoms with E-state index < -0.39 is 6.10 Å². The van der Waals surface area contributed by atoms with Crippen LogP contribution >= 0.6 is 0 Å². The van der Waals surface area contributed by atoms with E-state index in [1.807, 2.05) is 12.1 Å². The van der Waals surface area contributed by atoms with Crippen LogP contribution < -0.4 is 25.0 Å². The monoisotopic (exact) mass is 397 g/mol. The third-order valence-corrected chi connectivity index (χ3v) is 6.90. The number of aromatic nitrogens is 1. The van der Waals surface area contributed by atoms with Crippen LogP contribution in [0, 0.1) is 0 Å². The molecule has 0 spiro atoms. The molecule has 112 valence electrons. The van der Waals surface area contributed by atoms with Crippen molar-refractivity contribution in [1.82, 2.24) is 8.51 Å². The summed E-state index contributed by atoms with van der Waals surface area (Å²) in [6.07, 6.45) is 5.16. The van der Waals surface area contributed by atoms with E-state index in [1.165, 1.54) is 0 Å². The molecule has 0 aliphatic carbocycles. The Balaban J connectivity index is 1.89. The molecule has 21 heavy (non-hydrogen) atoms. The first-order valence-electron chi connectivity index (χ1n) is 6.95. The molecule has 1 saturated heterocycles. The average Bonchev–Trinajstić information content (AvgIpc) is 2.53. The molecule has 1 aromatic heterocycles. The average molecular weight is 397 g/mol. The van der Waals surface area contributed by atoms with E-state index in [-0.39, 0.29) is 33.3 Å². The van der Waals surface area contributed by atoms with Gasteiger partial charge in [0.2, 0.25) is 0 Å². The molecule has 4 nitrogen and oxygen atoms in total. The second-order valence-electron chi connectivity index (χ2n) is 5.20. The number of alkyl halides is 1. The predicted octanol–water partition coefficient (Wildman–Crippen LogP) is -0.716. The molecule has 1 aliphatic heterocycles. The van der Waals surface area contributed by atoms with Gasteiger partial charge in [0.1, 0.15) is 0 Å². The number of aliphatic hydroxyl groups excluding tert-OH is 1. The van der Waals surface area contributed by atoms with Gasteiger partial charge in [0.15, 0.2) is 0 Å². The van der Waals surface area contributed by atoms with Gasteiger partial charge in [-0.2, -0.15) is 0 Å². The van der Waals surface area contributed by atoms with Gasteiger partial charge in [-0.25, -0.2) is 0 Å². The van der Waals surface area contributed by atoms with Crippen molar-refractivity contribution in [2.75, 3.05) is 0 Å². The number of rotatable bonds is 3. The molecule has 2 aromatic rings. The fraction of sp³-hybridized carbons (Fsp3) is 0.312. The van der Waals surface area contributed by atoms with E-state index >= 15 is 0 Å². The van der Waals surface area contributed by atoms with Crippen molar-refractivity contribution in [3.05, 3.63) is 48.7 Å². The summed E-state index contributed by atoms with van der Waals surface area (Å²) in [5.74, 6) is 0.194. The first kappa shape index (κ1) is 14.7. The topological polar surface area (TPSA) is 65.4 Å². The van der Waals surface area contributed by atoms with Crippen molar-refractivity contribution in [2.45, 2.75) is 28.9 Å². The minimum atomic E-state index is -0.581. The van der Waals surface area contributed by atoms with Crippen LogP contribution in [0.1, 0.15) is 24.5 Å². The van der Waals surface area contributed by atoms with Crippen LogP contribution in [0.15, 0.2) is 43.1 Å². The Labute approximate surface area is 134 Å². The van der Waals surface area contributed by atoms with Gasteiger partial charge in [-0.1, -0.05) is 0 Å². The number of hydrogen-bond acceptors (Lipinski definition) is 4. The molecule has 0 radical (unpaired) electrons. The third-order valence-electron chi connectivity index (χ3n) is 3.81. The fourth-order valence-electron chi connectivity index (χ4n) is 2.62. The molecule has 1 aliphatic rings. The van der Waals surface area contributed by atoms with Gasteiger partial charge in [-0.3, -0.25) is 0 Å². The van der Waals surface area contributed by atoms with Crippen molar-refractivity contribution in [3.63, 3.8) is 0 Å². The molecule has 3 rings (SSSR count). The number of nitrogens with one attached hydrogen (secondary N) is 1. The summed E-state index contributed by atoms with van der Waals surface area (Å²) in [4.78, 5) is 4.29. The molecule has 1 unspecified atom stereocenters.